The van der Waals surface area contributed by atoms with Gasteiger partial charge in [-0.3, -0.25) is 52.7 Å². The van der Waals surface area contributed by atoms with Crippen molar-refractivity contribution in [3.05, 3.63) is 119 Å². The molecule has 39 heteroatoms. The van der Waals surface area contributed by atoms with E-state index in [9.17, 15) is 101 Å². The van der Waals surface area contributed by atoms with Crippen molar-refractivity contribution < 1.29 is 129 Å². The number of carbonyl (C=O) groups excluding carboxylic acids is 12. The molecule has 0 saturated carbocycles. The van der Waals surface area contributed by atoms with Gasteiger partial charge in [-0.1, -0.05) is 79.7 Å². The summed E-state index contributed by atoms with van der Waals surface area (Å²) in [6, 6.07) is 13.2. The summed E-state index contributed by atoms with van der Waals surface area (Å²) in [4.78, 5) is 158. The first kappa shape index (κ1) is 98.9. The highest BCUT2D eigenvalue weighted by Gasteiger charge is 2.49. The van der Waals surface area contributed by atoms with Gasteiger partial charge in [-0.15, -0.1) is 0 Å². The Hall–Kier alpha value is -9.96. The number of urea groups is 1. The summed E-state index contributed by atoms with van der Waals surface area (Å²) >= 11 is 0. The van der Waals surface area contributed by atoms with E-state index in [1.165, 1.54) is 135 Å². The molecular weight excluding hydrogens is 1630 g/mol. The van der Waals surface area contributed by atoms with Gasteiger partial charge in [0.15, 0.2) is 21.4 Å². The molecule has 2 heterocycles. The van der Waals surface area contributed by atoms with E-state index in [1.54, 1.807) is 27.7 Å². The molecule has 2 unspecified atom stereocenters. The van der Waals surface area contributed by atoms with Crippen LogP contribution in [0.15, 0.2) is 107 Å². The quantitative estimate of drug-likeness (QED) is 0.0132. The van der Waals surface area contributed by atoms with E-state index >= 15 is 0 Å². The Morgan fingerprint density at radius 3 is 1.31 bits per heavy atom. The van der Waals surface area contributed by atoms with Crippen LogP contribution in [0.4, 0.5) is 31.1 Å². The third-order valence-electron chi connectivity index (χ3n) is 19.5. The fourth-order valence-corrected chi connectivity index (χ4v) is 14.9. The lowest BCUT2D eigenvalue weighted by molar-refractivity contribution is -0.175. The van der Waals surface area contributed by atoms with Crippen molar-refractivity contribution in [1.82, 2.24) is 46.4 Å². The van der Waals surface area contributed by atoms with Crippen LogP contribution in [-0.4, -0.2) is 244 Å². The molecule has 2 fully saturated rings. The van der Waals surface area contributed by atoms with Gasteiger partial charge < -0.3 is 70.1 Å². The number of hydrogen-bond donors (Lipinski definition) is 7. The highest BCUT2D eigenvalue weighted by Crippen LogP contribution is 2.30. The smallest absolute Gasteiger partial charge is 0.452 e. The van der Waals surface area contributed by atoms with Crippen molar-refractivity contribution in [2.75, 3.05) is 105 Å². The number of nitrogens with one attached hydrogen (secondary N) is 7. The summed E-state index contributed by atoms with van der Waals surface area (Å²) in [5.74, 6) is -14.3. The first-order valence-corrected chi connectivity index (χ1v) is 42.6. The van der Waals surface area contributed by atoms with E-state index < -0.39 is 156 Å². The van der Waals surface area contributed by atoms with Crippen LogP contribution in [0.5, 0.6) is 11.5 Å². The number of nitrogens with zero attached hydrogens (tertiary/aromatic N) is 2. The molecule has 662 valence electrons. The average molecular weight is 1740 g/mol. The van der Waals surface area contributed by atoms with Crippen molar-refractivity contribution in [2.24, 2.45) is 29.6 Å². The largest absolute Gasteiger partial charge is 0.491 e. The second-order valence-electron chi connectivity index (χ2n) is 29.9. The number of likely N-dealkylation sites (tertiary alicyclic amines) is 2. The fourth-order valence-electron chi connectivity index (χ4n) is 12.7. The Kier molecular flexibility index (Phi) is 39.0. The van der Waals surface area contributed by atoms with Crippen LogP contribution in [0.3, 0.4) is 0 Å². The van der Waals surface area contributed by atoms with Crippen LogP contribution in [0.1, 0.15) is 155 Å². The molecule has 2 aliphatic heterocycles. The van der Waals surface area contributed by atoms with Crippen molar-refractivity contribution in [3.63, 3.8) is 0 Å². The zero-order chi connectivity index (χ0) is 88.7. The van der Waals surface area contributed by atoms with Crippen LogP contribution in [0.25, 0.3) is 0 Å². The summed E-state index contributed by atoms with van der Waals surface area (Å²) in [7, 11) is -8.51. The molecule has 7 N–H and O–H groups in total. The number of benzene rings is 4. The van der Waals surface area contributed by atoms with E-state index in [0.29, 0.717) is 63.3 Å². The van der Waals surface area contributed by atoms with E-state index in [-0.39, 0.29) is 149 Å². The Morgan fingerprint density at radius 2 is 0.842 bits per heavy atom. The van der Waals surface area contributed by atoms with E-state index in [0.717, 1.165) is 0 Å². The average Bonchev–Trinajstić information content (AvgIpc) is 1.61. The van der Waals surface area contributed by atoms with Crippen LogP contribution in [-0.2, 0) is 72.4 Å². The third kappa shape index (κ3) is 31.2. The van der Waals surface area contributed by atoms with E-state index in [1.807, 2.05) is 4.72 Å². The van der Waals surface area contributed by atoms with Crippen LogP contribution < -0.4 is 46.1 Å². The number of carbonyl (C=O) groups is 12. The minimum atomic E-state index is -5.19. The molecule has 31 nitrogen and oxygen atoms in total. The van der Waals surface area contributed by atoms with E-state index in [2.05, 4.69) is 31.9 Å². The SMILES string of the molecule is CC(C)C(NC(=O)[C@@H]1CCCN1C(=O)[C@@H](CC(=O)c1ccc(C(=O)NS(=O)(=O)c2ccc(OCCOCCOCCNC(=O)NCCCCNC(=O)CCCOCCOCCOc3ccc(S(=O)(=O)CC(=O)c4ccc(C(=O)N[C@H](C(=O)N5CCC[C@H]5C(=O)NC(C(=O)C(F)(F)F)C(C)C)C(C)C)cc4)cc3)cc2)cc1)C(C)C)C(=O)C(F)(F)F. The minimum absolute atomic E-state index is 0.0161. The molecule has 2 saturated heterocycles. The molecule has 4 aromatic rings. The number of sulfonamides is 1. The number of amides is 9. The number of sulfone groups is 1. The number of ketones is 4. The number of ether oxygens (including phenoxy) is 6. The molecule has 6 atom stereocenters. The van der Waals surface area contributed by atoms with Gasteiger partial charge in [0.25, 0.3) is 33.4 Å². The van der Waals surface area contributed by atoms with Gasteiger partial charge in [-0.2, -0.15) is 26.3 Å². The van der Waals surface area contributed by atoms with Gasteiger partial charge in [-0.05, 0) is 141 Å². The molecule has 9 amide bonds. The maximum Gasteiger partial charge on any atom is 0.452 e. The topological polar surface area (TPSA) is 419 Å². The first-order chi connectivity index (χ1) is 56.6. The number of hydrogen-bond acceptors (Lipinski definition) is 22. The van der Waals surface area contributed by atoms with Gasteiger partial charge in [-0.25, -0.2) is 26.4 Å². The minimum Gasteiger partial charge on any atom is -0.491 e. The molecular formula is C81H107F6N9O22S2. The molecule has 4 aromatic carbocycles. The maximum atomic E-state index is 13.9. The standard InChI is InChI=1S/C81H107F6N9O22S2/c1-50(2)62(77(106)95-36-11-14-63(95)75(104)91-68(51(3)4)71(100)80(82,83)84)48-65(97)54-17-23-57(24-18-54)74(103)94-120(111,112)61-31-27-59(28-32-61)118-47-45-116-43-41-114-39-35-90-79(108)89-34-10-9-33-88-67(99)16-13-38-113-40-42-115-44-46-117-58-25-29-60(30-26-58)119(109,110)49-66(98)55-19-21-56(22-20-55)73(102)93-70(53(7)8)78(107)96-37-12-15-64(96)76(105)92-69(52(5)6)72(101)81(85,86)87/h17-32,50-53,62-64,68-70H,9-16,33-49H2,1-8H3,(H,88,99)(H,91,104)(H,92,105)(H,93,102)(H,94,103)(H2,89,90,108)/t62-,63-,64-,68?,69?,70-/m0/s1. The van der Waals surface area contributed by atoms with Gasteiger partial charge >= 0.3 is 18.4 Å². The molecule has 0 bridgehead atoms. The molecule has 0 radical (unpaired) electrons. The lowest BCUT2D eigenvalue weighted by Gasteiger charge is -2.32. The highest BCUT2D eigenvalue weighted by molar-refractivity contribution is 7.92. The van der Waals surface area contributed by atoms with Crippen molar-refractivity contribution in [1.29, 1.82) is 0 Å². The second kappa shape index (κ2) is 47.3. The summed E-state index contributed by atoms with van der Waals surface area (Å²) in [5.41, 5.74) is 0.00223. The number of rotatable bonds is 50. The van der Waals surface area contributed by atoms with Crippen LogP contribution >= 0.6 is 0 Å². The Bertz CT molecular complexity index is 4090. The summed E-state index contributed by atoms with van der Waals surface area (Å²) in [6.45, 7) is 15.3. The fraction of sp³-hybridized carbons (Fsp3) is 0.556. The van der Waals surface area contributed by atoms with E-state index in [4.69, 9.17) is 28.4 Å². The first-order valence-electron chi connectivity index (χ1n) is 39.5. The molecule has 0 aliphatic carbocycles. The monoisotopic (exact) mass is 1740 g/mol. The maximum absolute atomic E-state index is 13.9. The predicted octanol–water partition coefficient (Wildman–Crippen LogP) is 7.09. The lowest BCUT2D eigenvalue weighted by Crippen LogP contribution is -2.58. The third-order valence-corrected chi connectivity index (χ3v) is 22.4. The Labute approximate surface area is 693 Å². The number of halogens is 6. The highest BCUT2D eigenvalue weighted by atomic mass is 32.2. The van der Waals surface area contributed by atoms with Crippen molar-refractivity contribution >= 4 is 90.4 Å². The summed E-state index contributed by atoms with van der Waals surface area (Å²) < 4.78 is 168. The molecule has 120 heavy (non-hydrogen) atoms. The number of Topliss-reactive ketones (excluding diaryl/α,β-unsaturated/α-hetero) is 4. The van der Waals surface area contributed by atoms with Crippen LogP contribution in [0, 0.1) is 29.6 Å². The summed E-state index contributed by atoms with van der Waals surface area (Å²) in [6.07, 6.45) is -7.79. The Balaban J connectivity index is 0.730. The van der Waals surface area contributed by atoms with Crippen LogP contribution in [0.2, 0.25) is 0 Å². The van der Waals surface area contributed by atoms with Crippen molar-refractivity contribution in [2.45, 2.75) is 166 Å². The zero-order valence-electron chi connectivity index (χ0n) is 68.1. The number of unbranched alkanes of at least 4 members (excludes halogenated alkanes) is 1. The number of alkyl halides is 6. The van der Waals surface area contributed by atoms with Crippen molar-refractivity contribution in [3.8, 4) is 11.5 Å². The van der Waals surface area contributed by atoms with Gasteiger partial charge in [0.05, 0.1) is 68.1 Å². The molecule has 2 aliphatic rings. The predicted molar refractivity (Wildman–Crippen MR) is 422 cm³/mol. The summed E-state index contributed by atoms with van der Waals surface area (Å²) in [5, 5.41) is 15.2. The zero-order valence-corrected chi connectivity index (χ0v) is 69.8. The molecule has 0 aromatic heterocycles. The van der Waals surface area contributed by atoms with Gasteiger partial charge in [0, 0.05) is 80.3 Å². The normalized spacial score (nSPS) is 15.5. The van der Waals surface area contributed by atoms with Gasteiger partial charge in [0.1, 0.15) is 48.6 Å². The second-order valence-corrected chi connectivity index (χ2v) is 33.6. The lowest BCUT2D eigenvalue weighted by atomic mass is 9.87. The van der Waals surface area contributed by atoms with Gasteiger partial charge in [0.2, 0.25) is 29.5 Å². The molecule has 6 rings (SSSR count). The molecule has 0 spiro atoms. The Morgan fingerprint density at radius 1 is 0.433 bits per heavy atom.